The molecule has 0 fully saturated rings. The first-order valence-electron chi connectivity index (χ1n) is 14.1. The van der Waals surface area contributed by atoms with Crippen LogP contribution >= 0.6 is 0 Å². The van der Waals surface area contributed by atoms with Crippen molar-refractivity contribution in [2.45, 2.75) is 32.9 Å². The van der Waals surface area contributed by atoms with Crippen LogP contribution in [0.4, 0.5) is 10.2 Å². The number of carbonyl (C=O) groups is 1. The van der Waals surface area contributed by atoms with E-state index in [-0.39, 0.29) is 35.8 Å². The van der Waals surface area contributed by atoms with E-state index in [0.717, 1.165) is 23.7 Å². The lowest BCUT2D eigenvalue weighted by molar-refractivity contribution is 0.0985. The minimum Gasteiger partial charge on any atom is -0.383 e. The maximum atomic E-state index is 13.5. The molecule has 0 bridgehead atoms. The van der Waals surface area contributed by atoms with Gasteiger partial charge in [-0.1, -0.05) is 19.1 Å². The highest BCUT2D eigenvalue weighted by atomic mass is 19.1. The van der Waals surface area contributed by atoms with Crippen LogP contribution < -0.4 is 16.1 Å². The molecule has 4 aromatic heterocycles. The first-order chi connectivity index (χ1) is 20.9. The molecule has 5 rings (SSSR count). The molecule has 4 aromatic rings. The molecule has 0 atom stereocenters. The van der Waals surface area contributed by atoms with Crippen molar-refractivity contribution in [3.05, 3.63) is 93.4 Å². The number of imidazole rings is 1. The summed E-state index contributed by atoms with van der Waals surface area (Å²) in [5.41, 5.74) is 0.375. The van der Waals surface area contributed by atoms with Gasteiger partial charge in [-0.25, -0.2) is 19.7 Å². The summed E-state index contributed by atoms with van der Waals surface area (Å²) in [5.74, 6) is -0.263. The van der Waals surface area contributed by atoms with Gasteiger partial charge in [-0.2, -0.15) is 4.39 Å². The maximum Gasteiger partial charge on any atom is 0.332 e. The fraction of sp³-hybridized carbons (Fsp3) is 0.333. The molecule has 0 spiro atoms. The molecular weight excluding hydrogens is 555 g/mol. The summed E-state index contributed by atoms with van der Waals surface area (Å²) in [7, 11) is 1.51. The van der Waals surface area contributed by atoms with E-state index in [1.54, 1.807) is 18.3 Å². The van der Waals surface area contributed by atoms with Crippen molar-refractivity contribution < 1.29 is 13.9 Å². The normalized spacial score (nSPS) is 12.8. The smallest absolute Gasteiger partial charge is 0.332 e. The second-order valence-electron chi connectivity index (χ2n) is 10.0. The number of pyridine rings is 2. The van der Waals surface area contributed by atoms with Gasteiger partial charge in [0.1, 0.15) is 17.2 Å². The Morgan fingerprint density at radius 3 is 2.60 bits per heavy atom. The number of hydrogen-bond acceptors (Lipinski definition) is 8. The Morgan fingerprint density at radius 2 is 1.93 bits per heavy atom. The zero-order chi connectivity index (χ0) is 30.3. The molecule has 1 aliphatic rings. The van der Waals surface area contributed by atoms with E-state index in [0.29, 0.717) is 43.1 Å². The number of aryl methyl sites for hydroxylation is 1. The van der Waals surface area contributed by atoms with E-state index in [1.807, 2.05) is 25.3 Å². The Kier molecular flexibility index (Phi) is 9.20. The average molecular weight is 589 g/mol. The van der Waals surface area contributed by atoms with Crippen molar-refractivity contribution >= 4 is 22.9 Å². The first-order valence-corrected chi connectivity index (χ1v) is 14.1. The lowest BCUT2D eigenvalue weighted by Crippen LogP contribution is -2.41. The number of nitrogens with zero attached hydrogens (tertiary/aromatic N) is 7. The van der Waals surface area contributed by atoms with E-state index in [2.05, 4.69) is 30.9 Å². The molecule has 0 saturated heterocycles. The van der Waals surface area contributed by atoms with Crippen LogP contribution in [0.2, 0.25) is 0 Å². The molecule has 1 N–H and O–H groups in total. The van der Waals surface area contributed by atoms with Crippen LogP contribution in [0.3, 0.4) is 0 Å². The van der Waals surface area contributed by atoms with Crippen molar-refractivity contribution in [1.82, 2.24) is 34.0 Å². The number of nitrogens with one attached hydrogen (secondary N) is 1. The summed E-state index contributed by atoms with van der Waals surface area (Å²) < 4.78 is 21.1. The number of carbonyl (C=O) groups excluding carboxylic acids is 1. The van der Waals surface area contributed by atoms with Crippen molar-refractivity contribution in [2.75, 3.05) is 38.3 Å². The highest BCUT2D eigenvalue weighted by molar-refractivity contribution is 6.05. The third-order valence-corrected chi connectivity index (χ3v) is 7.06. The topological polar surface area (TPSA) is 131 Å². The number of aromatic nitrogens is 6. The molecule has 0 aliphatic carbocycles. The van der Waals surface area contributed by atoms with E-state index < -0.39 is 17.2 Å². The van der Waals surface area contributed by atoms with E-state index in [1.165, 1.54) is 28.8 Å². The summed E-state index contributed by atoms with van der Waals surface area (Å²) in [6.07, 6.45) is 12.1. The Labute approximate surface area is 246 Å². The van der Waals surface area contributed by atoms with Gasteiger partial charge in [0.05, 0.1) is 18.7 Å². The fourth-order valence-electron chi connectivity index (χ4n) is 4.88. The van der Waals surface area contributed by atoms with Gasteiger partial charge in [0.15, 0.2) is 5.65 Å². The molecule has 0 saturated carbocycles. The van der Waals surface area contributed by atoms with Crippen molar-refractivity contribution in [3.8, 4) is 11.4 Å². The van der Waals surface area contributed by atoms with Gasteiger partial charge in [-0.05, 0) is 49.4 Å². The molecule has 224 valence electrons. The summed E-state index contributed by atoms with van der Waals surface area (Å²) in [6, 6.07) is 5.98. The summed E-state index contributed by atoms with van der Waals surface area (Å²) in [5, 5.41) is 0. The number of rotatable bonds is 12. The molecule has 13 heteroatoms. The van der Waals surface area contributed by atoms with Crippen LogP contribution in [-0.2, 0) is 17.8 Å². The zero-order valence-corrected chi connectivity index (χ0v) is 24.1. The standard InChI is InChI=1S/C30H33FN8O4/c1-3-12-38-27-25(29(41)39(30(38)42)17-18-43-2)34-26(35-27)21-9-11-24(33-19-21)37(16-7-15-36-13-5-4-6-14-36)28(40)22-8-10-23(31)32-20-22/h4-6,8-11,13,19-20H,3,7,12,14-18H2,1-2H3,(H,34,35). The Morgan fingerprint density at radius 1 is 1.07 bits per heavy atom. The lowest BCUT2D eigenvalue weighted by Gasteiger charge is -2.25. The quantitative estimate of drug-likeness (QED) is 0.250. The molecule has 0 aromatic carbocycles. The predicted molar refractivity (Wildman–Crippen MR) is 160 cm³/mol. The number of hydrogen-bond donors (Lipinski definition) is 1. The van der Waals surface area contributed by atoms with Crippen LogP contribution in [0.15, 0.2) is 70.7 Å². The summed E-state index contributed by atoms with van der Waals surface area (Å²) in [6.45, 7) is 4.55. The minimum absolute atomic E-state index is 0.122. The van der Waals surface area contributed by atoms with Crippen LogP contribution in [0.25, 0.3) is 22.6 Å². The molecular formula is C30H33FN8O4. The second-order valence-corrected chi connectivity index (χ2v) is 10.0. The number of methoxy groups -OCH3 is 1. The second kappa shape index (κ2) is 13.4. The highest BCUT2D eigenvalue weighted by Gasteiger charge is 2.21. The van der Waals surface area contributed by atoms with Gasteiger partial charge < -0.3 is 14.6 Å². The highest BCUT2D eigenvalue weighted by Crippen LogP contribution is 2.22. The number of allylic oxidation sites excluding steroid dienone is 2. The molecule has 1 aliphatic heterocycles. The van der Waals surface area contributed by atoms with Gasteiger partial charge in [0.2, 0.25) is 5.95 Å². The first kappa shape index (κ1) is 29.6. The number of H-pyrrole nitrogens is 1. The number of aromatic amines is 1. The van der Waals surface area contributed by atoms with Gasteiger partial charge >= 0.3 is 5.69 Å². The van der Waals surface area contributed by atoms with Gasteiger partial charge in [0.25, 0.3) is 11.5 Å². The summed E-state index contributed by atoms with van der Waals surface area (Å²) >= 11 is 0. The molecule has 1 amide bonds. The molecule has 12 nitrogen and oxygen atoms in total. The molecule has 0 unspecified atom stereocenters. The lowest BCUT2D eigenvalue weighted by atomic mass is 10.2. The number of anilines is 1. The van der Waals surface area contributed by atoms with Crippen molar-refractivity contribution in [3.63, 3.8) is 0 Å². The maximum absolute atomic E-state index is 13.5. The molecule has 5 heterocycles. The van der Waals surface area contributed by atoms with Crippen molar-refractivity contribution in [2.24, 2.45) is 0 Å². The number of amides is 1. The SMILES string of the molecule is CCCn1c(=O)n(CCOC)c(=O)c2[nH]c(-c3ccc(N(CCCN4C=CC=CC4)C(=O)c4ccc(F)nc4)nc3)nc21. The van der Waals surface area contributed by atoms with E-state index >= 15 is 0 Å². The predicted octanol–water partition coefficient (Wildman–Crippen LogP) is 2.96. The average Bonchev–Trinajstić information content (AvgIpc) is 3.48. The van der Waals surface area contributed by atoms with Gasteiger partial charge in [0, 0.05) is 51.2 Å². The van der Waals surface area contributed by atoms with Crippen LogP contribution in [-0.4, -0.2) is 73.2 Å². The van der Waals surface area contributed by atoms with Crippen LogP contribution in [0.1, 0.15) is 30.1 Å². The van der Waals surface area contributed by atoms with E-state index in [4.69, 9.17) is 4.74 Å². The van der Waals surface area contributed by atoms with Gasteiger partial charge in [-0.3, -0.25) is 23.6 Å². The summed E-state index contributed by atoms with van der Waals surface area (Å²) in [4.78, 5) is 59.2. The van der Waals surface area contributed by atoms with Gasteiger partial charge in [-0.15, -0.1) is 0 Å². The minimum atomic E-state index is -0.670. The number of fused-ring (bicyclic) bond motifs is 1. The Balaban J connectivity index is 1.45. The third-order valence-electron chi connectivity index (χ3n) is 7.06. The third kappa shape index (κ3) is 6.46. The Bertz CT molecular complexity index is 1760. The Hall–Kier alpha value is -4.91. The number of ether oxygens (including phenoxy) is 1. The molecule has 0 radical (unpaired) electrons. The zero-order valence-electron chi connectivity index (χ0n) is 24.1. The number of halogens is 1. The largest absolute Gasteiger partial charge is 0.383 e. The van der Waals surface area contributed by atoms with Crippen LogP contribution in [0.5, 0.6) is 0 Å². The fourth-order valence-corrected chi connectivity index (χ4v) is 4.88. The van der Waals surface area contributed by atoms with Crippen LogP contribution in [0, 0.1) is 5.95 Å². The monoisotopic (exact) mass is 588 g/mol. The van der Waals surface area contributed by atoms with E-state index in [9.17, 15) is 18.8 Å². The van der Waals surface area contributed by atoms with Crippen molar-refractivity contribution in [1.29, 1.82) is 0 Å². The molecule has 43 heavy (non-hydrogen) atoms.